The molecule has 2 aromatic rings. The van der Waals surface area contributed by atoms with Crippen LogP contribution < -0.4 is 9.47 Å². The van der Waals surface area contributed by atoms with Gasteiger partial charge in [0.15, 0.2) is 0 Å². The third kappa shape index (κ3) is 3.58. The van der Waals surface area contributed by atoms with Gasteiger partial charge < -0.3 is 19.7 Å². The van der Waals surface area contributed by atoms with Gasteiger partial charge in [-0.1, -0.05) is 12.1 Å². The number of aliphatic hydroxyl groups excluding tert-OH is 1. The molecule has 0 spiro atoms. The fourth-order valence-electron chi connectivity index (χ4n) is 2.00. The van der Waals surface area contributed by atoms with E-state index in [-0.39, 0.29) is 18.8 Å². The van der Waals surface area contributed by atoms with Crippen molar-refractivity contribution in [2.75, 3.05) is 20.3 Å². The molecule has 0 heterocycles. The molecule has 0 aromatic heterocycles. The Morgan fingerprint density at radius 3 is 2.45 bits per heavy atom. The molecule has 0 unspecified atom stereocenters. The standard InChI is InChI=1S/C16H15BrO5/c1-21-12-4-2-10(3-5-12)13-8-11(16(19)20)9-14(17)15(13)22-7-6-18/h2-5,8-9,18H,6-7H2,1H3,(H,19,20). The highest BCUT2D eigenvalue weighted by molar-refractivity contribution is 9.10. The smallest absolute Gasteiger partial charge is 0.335 e. The molecule has 0 aliphatic heterocycles. The third-order valence-corrected chi connectivity index (χ3v) is 3.62. The highest BCUT2D eigenvalue weighted by Gasteiger charge is 2.16. The van der Waals surface area contributed by atoms with Gasteiger partial charge in [0.25, 0.3) is 0 Å². The summed E-state index contributed by atoms with van der Waals surface area (Å²) in [7, 11) is 1.58. The maximum atomic E-state index is 11.2. The largest absolute Gasteiger partial charge is 0.497 e. The zero-order valence-corrected chi connectivity index (χ0v) is 13.5. The SMILES string of the molecule is COc1ccc(-c2cc(C(=O)O)cc(Br)c2OCCO)cc1. The summed E-state index contributed by atoms with van der Waals surface area (Å²) in [4.78, 5) is 11.2. The molecular formula is C16H15BrO5. The van der Waals surface area contributed by atoms with E-state index in [4.69, 9.17) is 14.6 Å². The molecule has 0 radical (unpaired) electrons. The van der Waals surface area contributed by atoms with Gasteiger partial charge in [0.05, 0.1) is 23.8 Å². The van der Waals surface area contributed by atoms with Gasteiger partial charge in [-0.15, -0.1) is 0 Å². The minimum Gasteiger partial charge on any atom is -0.497 e. The van der Waals surface area contributed by atoms with Crippen molar-refractivity contribution < 1.29 is 24.5 Å². The summed E-state index contributed by atoms with van der Waals surface area (Å²) in [6.45, 7) is -0.0106. The molecule has 0 saturated carbocycles. The molecule has 2 rings (SSSR count). The second kappa shape index (κ2) is 7.29. The number of benzene rings is 2. The average molecular weight is 367 g/mol. The minimum atomic E-state index is -1.02. The van der Waals surface area contributed by atoms with Crippen LogP contribution in [0.25, 0.3) is 11.1 Å². The molecule has 116 valence electrons. The Morgan fingerprint density at radius 2 is 1.91 bits per heavy atom. The number of halogens is 1. The summed E-state index contributed by atoms with van der Waals surface area (Å²) in [5.74, 6) is 0.170. The lowest BCUT2D eigenvalue weighted by molar-refractivity contribution is 0.0696. The van der Waals surface area contributed by atoms with E-state index >= 15 is 0 Å². The number of aromatic carboxylic acids is 1. The number of hydrogen-bond acceptors (Lipinski definition) is 4. The first-order chi connectivity index (χ1) is 10.6. The number of rotatable bonds is 6. The Bertz CT molecular complexity index is 667. The van der Waals surface area contributed by atoms with E-state index in [9.17, 15) is 9.90 Å². The molecule has 5 nitrogen and oxygen atoms in total. The zero-order chi connectivity index (χ0) is 16.1. The number of carboxylic acids is 1. The lowest BCUT2D eigenvalue weighted by Crippen LogP contribution is -2.05. The Labute approximate surface area is 136 Å². The monoisotopic (exact) mass is 366 g/mol. The molecule has 0 bridgehead atoms. The molecule has 22 heavy (non-hydrogen) atoms. The number of carbonyl (C=O) groups is 1. The van der Waals surface area contributed by atoms with E-state index in [1.54, 1.807) is 25.3 Å². The van der Waals surface area contributed by atoms with Crippen LogP contribution in [0.5, 0.6) is 11.5 Å². The normalized spacial score (nSPS) is 10.3. The van der Waals surface area contributed by atoms with Crippen LogP contribution in [0.2, 0.25) is 0 Å². The van der Waals surface area contributed by atoms with Crippen molar-refractivity contribution in [1.82, 2.24) is 0 Å². The van der Waals surface area contributed by atoms with Crippen LogP contribution in [-0.2, 0) is 0 Å². The average Bonchev–Trinajstić information content (AvgIpc) is 2.53. The van der Waals surface area contributed by atoms with E-state index in [0.29, 0.717) is 21.5 Å². The maximum Gasteiger partial charge on any atom is 0.335 e. The Morgan fingerprint density at radius 1 is 1.23 bits per heavy atom. The van der Waals surface area contributed by atoms with Crippen molar-refractivity contribution in [3.63, 3.8) is 0 Å². The van der Waals surface area contributed by atoms with Crippen LogP contribution in [0, 0.1) is 0 Å². The lowest BCUT2D eigenvalue weighted by atomic mass is 10.0. The first-order valence-electron chi connectivity index (χ1n) is 6.51. The summed E-state index contributed by atoms with van der Waals surface area (Å²) in [5, 5.41) is 18.1. The van der Waals surface area contributed by atoms with Crippen LogP contribution in [0.15, 0.2) is 40.9 Å². The number of ether oxygens (including phenoxy) is 2. The quantitative estimate of drug-likeness (QED) is 0.820. The molecule has 2 aromatic carbocycles. The molecule has 0 fully saturated rings. The number of methoxy groups -OCH3 is 1. The molecule has 2 N–H and O–H groups in total. The maximum absolute atomic E-state index is 11.2. The highest BCUT2D eigenvalue weighted by Crippen LogP contribution is 2.38. The van der Waals surface area contributed by atoms with Crippen molar-refractivity contribution in [2.45, 2.75) is 0 Å². The van der Waals surface area contributed by atoms with Gasteiger partial charge in [-0.05, 0) is 45.8 Å². The Kier molecular flexibility index (Phi) is 5.41. The topological polar surface area (TPSA) is 76.0 Å². The number of aliphatic hydroxyl groups is 1. The van der Waals surface area contributed by atoms with Gasteiger partial charge in [-0.25, -0.2) is 4.79 Å². The van der Waals surface area contributed by atoms with Gasteiger partial charge in [-0.2, -0.15) is 0 Å². The number of carboxylic acid groups (broad SMARTS) is 1. The summed E-state index contributed by atoms with van der Waals surface area (Å²) in [6, 6.07) is 10.2. The number of hydrogen-bond donors (Lipinski definition) is 2. The van der Waals surface area contributed by atoms with Crippen LogP contribution in [-0.4, -0.2) is 36.5 Å². The van der Waals surface area contributed by atoms with E-state index < -0.39 is 5.97 Å². The second-order valence-corrected chi connectivity index (χ2v) is 5.29. The van der Waals surface area contributed by atoms with Crippen LogP contribution in [0.1, 0.15) is 10.4 Å². The summed E-state index contributed by atoms with van der Waals surface area (Å²) >= 11 is 3.33. The second-order valence-electron chi connectivity index (χ2n) is 4.44. The zero-order valence-electron chi connectivity index (χ0n) is 11.9. The predicted octanol–water partition coefficient (Wildman–Crippen LogP) is 3.19. The van der Waals surface area contributed by atoms with Gasteiger partial charge >= 0.3 is 5.97 Å². The van der Waals surface area contributed by atoms with E-state index in [1.165, 1.54) is 6.07 Å². The van der Waals surface area contributed by atoms with Gasteiger partial charge in [0.1, 0.15) is 18.1 Å². The van der Waals surface area contributed by atoms with E-state index in [2.05, 4.69) is 15.9 Å². The first-order valence-corrected chi connectivity index (χ1v) is 7.31. The fraction of sp³-hybridized carbons (Fsp3) is 0.188. The molecule has 0 aliphatic rings. The first kappa shape index (κ1) is 16.3. The Hall–Kier alpha value is -2.05. The molecule has 0 saturated heterocycles. The van der Waals surface area contributed by atoms with Crippen molar-refractivity contribution in [3.8, 4) is 22.6 Å². The minimum absolute atomic E-state index is 0.119. The van der Waals surface area contributed by atoms with Crippen molar-refractivity contribution in [3.05, 3.63) is 46.4 Å². The molecule has 6 heteroatoms. The van der Waals surface area contributed by atoms with Crippen LogP contribution in [0.3, 0.4) is 0 Å². The predicted molar refractivity (Wildman–Crippen MR) is 85.7 cm³/mol. The Balaban J connectivity index is 2.55. The van der Waals surface area contributed by atoms with Crippen LogP contribution >= 0.6 is 15.9 Å². The van der Waals surface area contributed by atoms with Crippen molar-refractivity contribution >= 4 is 21.9 Å². The highest BCUT2D eigenvalue weighted by atomic mass is 79.9. The fourth-order valence-corrected chi connectivity index (χ4v) is 2.57. The van der Waals surface area contributed by atoms with E-state index in [1.807, 2.05) is 12.1 Å². The summed E-state index contributed by atoms with van der Waals surface area (Å²) < 4.78 is 11.2. The van der Waals surface area contributed by atoms with Gasteiger partial charge in [0, 0.05) is 5.56 Å². The van der Waals surface area contributed by atoms with Crippen LogP contribution in [0.4, 0.5) is 0 Å². The molecule has 0 atom stereocenters. The van der Waals surface area contributed by atoms with Crippen molar-refractivity contribution in [2.24, 2.45) is 0 Å². The summed E-state index contributed by atoms with van der Waals surface area (Å²) in [6.07, 6.45) is 0. The lowest BCUT2D eigenvalue weighted by Gasteiger charge is -2.14. The van der Waals surface area contributed by atoms with Crippen molar-refractivity contribution in [1.29, 1.82) is 0 Å². The third-order valence-electron chi connectivity index (χ3n) is 3.03. The van der Waals surface area contributed by atoms with E-state index in [0.717, 1.165) is 5.56 Å². The summed E-state index contributed by atoms with van der Waals surface area (Å²) in [5.41, 5.74) is 1.56. The molecular weight excluding hydrogens is 352 g/mol. The van der Waals surface area contributed by atoms with Gasteiger partial charge in [0.2, 0.25) is 0 Å². The molecule has 0 amide bonds. The van der Waals surface area contributed by atoms with Gasteiger partial charge in [-0.3, -0.25) is 0 Å². The molecule has 0 aliphatic carbocycles.